The highest BCUT2D eigenvalue weighted by molar-refractivity contribution is 7.89. The molecule has 3 rings (SSSR count). The van der Waals surface area contributed by atoms with E-state index in [9.17, 15) is 23.1 Å². The number of carbonyl (C=O) groups is 2. The van der Waals surface area contributed by atoms with Crippen molar-refractivity contribution in [2.75, 3.05) is 19.6 Å². The lowest BCUT2D eigenvalue weighted by atomic mass is 10.1. The molecule has 1 aromatic carbocycles. The molecule has 0 bridgehead atoms. The zero-order valence-electron chi connectivity index (χ0n) is 13.2. The van der Waals surface area contributed by atoms with E-state index in [1.54, 1.807) is 0 Å². The molecule has 0 aromatic heterocycles. The van der Waals surface area contributed by atoms with Gasteiger partial charge in [0.15, 0.2) is 0 Å². The van der Waals surface area contributed by atoms with Gasteiger partial charge in [-0.2, -0.15) is 4.31 Å². The fourth-order valence-electron chi connectivity index (χ4n) is 3.28. The Morgan fingerprint density at radius 1 is 1.00 bits per heavy atom. The molecule has 0 radical (unpaired) electrons. The molecule has 7 nitrogen and oxygen atoms in total. The first-order chi connectivity index (χ1) is 11.4. The van der Waals surface area contributed by atoms with Crippen molar-refractivity contribution < 1.29 is 23.1 Å². The van der Waals surface area contributed by atoms with Crippen LogP contribution in [0.2, 0.25) is 0 Å². The van der Waals surface area contributed by atoms with Gasteiger partial charge in [0.1, 0.15) is 6.04 Å². The van der Waals surface area contributed by atoms with Gasteiger partial charge >= 0.3 is 5.97 Å². The largest absolute Gasteiger partial charge is 0.480 e. The van der Waals surface area contributed by atoms with Crippen LogP contribution in [0.25, 0.3) is 0 Å². The van der Waals surface area contributed by atoms with Gasteiger partial charge in [0.2, 0.25) is 10.0 Å². The Morgan fingerprint density at radius 3 is 2.21 bits per heavy atom. The first-order valence-corrected chi connectivity index (χ1v) is 9.49. The Hall–Kier alpha value is -1.93. The third-order valence-electron chi connectivity index (χ3n) is 4.60. The summed E-state index contributed by atoms with van der Waals surface area (Å²) in [5.41, 5.74) is 0.309. The van der Waals surface area contributed by atoms with Crippen molar-refractivity contribution in [3.8, 4) is 0 Å². The topological polar surface area (TPSA) is 95.0 Å². The summed E-state index contributed by atoms with van der Waals surface area (Å²) < 4.78 is 26.4. The number of sulfonamides is 1. The molecule has 2 fully saturated rings. The number of hydrogen-bond acceptors (Lipinski definition) is 4. The number of benzene rings is 1. The van der Waals surface area contributed by atoms with Crippen LogP contribution in [0, 0.1) is 0 Å². The van der Waals surface area contributed by atoms with E-state index >= 15 is 0 Å². The van der Waals surface area contributed by atoms with E-state index in [1.807, 2.05) is 0 Å². The fraction of sp³-hybridized carbons (Fsp3) is 0.500. The van der Waals surface area contributed by atoms with Crippen molar-refractivity contribution in [1.82, 2.24) is 9.21 Å². The third kappa shape index (κ3) is 3.03. The summed E-state index contributed by atoms with van der Waals surface area (Å²) in [7, 11) is -3.51. The van der Waals surface area contributed by atoms with Crippen molar-refractivity contribution in [1.29, 1.82) is 0 Å². The van der Waals surface area contributed by atoms with Gasteiger partial charge in [-0.15, -0.1) is 0 Å². The van der Waals surface area contributed by atoms with Crippen LogP contribution in [0.3, 0.4) is 0 Å². The zero-order chi connectivity index (χ0) is 17.3. The number of carbonyl (C=O) groups excluding carboxylic acids is 1. The van der Waals surface area contributed by atoms with Gasteiger partial charge in [-0.3, -0.25) is 4.79 Å². The molecule has 2 saturated heterocycles. The first kappa shape index (κ1) is 16.9. The Balaban J connectivity index is 1.79. The number of carboxylic acids is 1. The van der Waals surface area contributed by atoms with Crippen molar-refractivity contribution in [3.05, 3.63) is 29.8 Å². The molecular weight excluding hydrogens is 332 g/mol. The standard InChI is InChI=1S/C16H20N2O5S/c19-15(18-11-3-4-14(18)16(20)21)12-5-7-13(8-6-12)24(22,23)17-9-1-2-10-17/h5-8,14H,1-4,9-11H2,(H,20,21)/t14-/m0/s1. The minimum absolute atomic E-state index is 0.164. The normalized spacial score (nSPS) is 22.0. The number of hydrogen-bond donors (Lipinski definition) is 1. The second-order valence-corrected chi connectivity index (χ2v) is 8.07. The summed E-state index contributed by atoms with van der Waals surface area (Å²) in [6.07, 6.45) is 2.83. The van der Waals surface area contributed by atoms with E-state index in [1.165, 1.54) is 33.5 Å². The smallest absolute Gasteiger partial charge is 0.326 e. The number of amides is 1. The highest BCUT2D eigenvalue weighted by Crippen LogP contribution is 2.23. The average Bonchev–Trinajstić information content (AvgIpc) is 3.25. The minimum atomic E-state index is -3.51. The van der Waals surface area contributed by atoms with Crippen LogP contribution in [-0.4, -0.2) is 60.3 Å². The molecule has 0 saturated carbocycles. The summed E-state index contributed by atoms with van der Waals surface area (Å²) in [5.74, 6) is -1.38. The van der Waals surface area contributed by atoms with Crippen LogP contribution < -0.4 is 0 Å². The van der Waals surface area contributed by atoms with Crippen LogP contribution in [0.4, 0.5) is 0 Å². The maximum atomic E-state index is 12.5. The third-order valence-corrected chi connectivity index (χ3v) is 6.52. The molecule has 0 aliphatic carbocycles. The fourth-order valence-corrected chi connectivity index (χ4v) is 4.80. The Kier molecular flexibility index (Phi) is 4.60. The Bertz CT molecular complexity index is 738. The SMILES string of the molecule is O=C(O)[C@@H]1CCCN1C(=O)c1ccc(S(=O)(=O)N2CCCC2)cc1. The molecule has 1 atom stereocenters. The first-order valence-electron chi connectivity index (χ1n) is 8.05. The highest BCUT2D eigenvalue weighted by atomic mass is 32.2. The number of rotatable bonds is 4. The molecule has 24 heavy (non-hydrogen) atoms. The minimum Gasteiger partial charge on any atom is -0.480 e. The van der Waals surface area contributed by atoms with Crippen LogP contribution in [-0.2, 0) is 14.8 Å². The quantitative estimate of drug-likeness (QED) is 0.877. The van der Waals surface area contributed by atoms with Crippen LogP contribution in [0.1, 0.15) is 36.0 Å². The van der Waals surface area contributed by atoms with E-state index in [0.29, 0.717) is 38.0 Å². The summed E-state index contributed by atoms with van der Waals surface area (Å²) in [5, 5.41) is 9.17. The van der Waals surface area contributed by atoms with Crippen molar-refractivity contribution in [2.45, 2.75) is 36.6 Å². The molecule has 1 N–H and O–H groups in total. The molecule has 0 spiro atoms. The van der Waals surface area contributed by atoms with E-state index in [2.05, 4.69) is 0 Å². The molecule has 1 amide bonds. The second kappa shape index (κ2) is 6.52. The maximum Gasteiger partial charge on any atom is 0.326 e. The van der Waals surface area contributed by atoms with Gasteiger partial charge in [-0.1, -0.05) is 0 Å². The van der Waals surface area contributed by atoms with Gasteiger partial charge < -0.3 is 10.0 Å². The lowest BCUT2D eigenvalue weighted by molar-refractivity contribution is -0.141. The highest BCUT2D eigenvalue weighted by Gasteiger charge is 2.34. The summed E-state index contributed by atoms with van der Waals surface area (Å²) in [6, 6.07) is 4.97. The zero-order valence-corrected chi connectivity index (χ0v) is 14.0. The number of carboxylic acid groups (broad SMARTS) is 1. The predicted molar refractivity (Wildman–Crippen MR) is 86.1 cm³/mol. The molecule has 130 valence electrons. The summed E-state index contributed by atoms with van der Waals surface area (Å²) >= 11 is 0. The predicted octanol–water partition coefficient (Wildman–Crippen LogP) is 1.16. The molecule has 2 heterocycles. The molecule has 1 aromatic rings. The summed E-state index contributed by atoms with van der Waals surface area (Å²) in [4.78, 5) is 25.2. The van der Waals surface area contributed by atoms with E-state index in [-0.39, 0.29) is 10.8 Å². The van der Waals surface area contributed by atoms with Crippen molar-refractivity contribution in [3.63, 3.8) is 0 Å². The average molecular weight is 352 g/mol. The lowest BCUT2D eigenvalue weighted by Crippen LogP contribution is -2.40. The van der Waals surface area contributed by atoms with E-state index in [4.69, 9.17) is 0 Å². The van der Waals surface area contributed by atoms with Crippen molar-refractivity contribution >= 4 is 21.9 Å². The Labute approximate surface area is 140 Å². The second-order valence-electron chi connectivity index (χ2n) is 6.13. The number of likely N-dealkylation sites (tertiary alicyclic amines) is 1. The van der Waals surface area contributed by atoms with Crippen LogP contribution in [0.15, 0.2) is 29.2 Å². The molecular formula is C16H20N2O5S. The number of nitrogens with zero attached hydrogens (tertiary/aromatic N) is 2. The van der Waals surface area contributed by atoms with Crippen molar-refractivity contribution in [2.24, 2.45) is 0 Å². The molecule has 2 aliphatic rings. The van der Waals surface area contributed by atoms with Gasteiger partial charge in [-0.05, 0) is 49.9 Å². The van der Waals surface area contributed by atoms with Crippen LogP contribution in [0.5, 0.6) is 0 Å². The van der Waals surface area contributed by atoms with Gasteiger partial charge in [0.05, 0.1) is 4.90 Å². The van der Waals surface area contributed by atoms with Gasteiger partial charge in [0, 0.05) is 25.2 Å². The summed E-state index contributed by atoms with van der Waals surface area (Å²) in [6.45, 7) is 1.46. The van der Waals surface area contributed by atoms with E-state index < -0.39 is 22.0 Å². The van der Waals surface area contributed by atoms with Gasteiger partial charge in [-0.25, -0.2) is 13.2 Å². The maximum absolute atomic E-state index is 12.5. The molecule has 8 heteroatoms. The van der Waals surface area contributed by atoms with E-state index in [0.717, 1.165) is 12.8 Å². The van der Waals surface area contributed by atoms with Gasteiger partial charge in [0.25, 0.3) is 5.91 Å². The molecule has 0 unspecified atom stereocenters. The van der Waals surface area contributed by atoms with Crippen LogP contribution >= 0.6 is 0 Å². The Morgan fingerprint density at radius 2 is 1.62 bits per heavy atom. The lowest BCUT2D eigenvalue weighted by Gasteiger charge is -2.21. The monoisotopic (exact) mass is 352 g/mol. The number of aliphatic carboxylic acids is 1. The molecule has 2 aliphatic heterocycles.